The van der Waals surface area contributed by atoms with E-state index in [0.29, 0.717) is 17.0 Å². The van der Waals surface area contributed by atoms with Crippen LogP contribution < -0.4 is 0 Å². The van der Waals surface area contributed by atoms with Crippen LogP contribution in [-0.4, -0.2) is 15.7 Å². The molecule has 0 unspecified atom stereocenters. The van der Waals surface area contributed by atoms with Crippen molar-refractivity contribution in [3.63, 3.8) is 0 Å². The Bertz CT molecular complexity index is 1200. The number of hydrogen-bond acceptors (Lipinski definition) is 4. The summed E-state index contributed by atoms with van der Waals surface area (Å²) in [6, 6.07) is 9.56. The molecule has 0 saturated heterocycles. The molecule has 3 aromatic heterocycles. The number of alkyl halides is 6. The largest absolute Gasteiger partial charge is 0.416 e. The highest BCUT2D eigenvalue weighted by molar-refractivity contribution is 7.23. The maximum absolute atomic E-state index is 13.1. The van der Waals surface area contributed by atoms with Gasteiger partial charge in [0.15, 0.2) is 0 Å². The molecule has 0 saturated carbocycles. The van der Waals surface area contributed by atoms with E-state index in [4.69, 9.17) is 0 Å². The lowest BCUT2D eigenvalue weighted by atomic mass is 10.0. The monoisotopic (exact) mass is 472 g/mol. The minimum Gasteiger partial charge on any atom is -0.267 e. The minimum absolute atomic E-state index is 0.0205. The summed E-state index contributed by atoms with van der Waals surface area (Å²) in [5.74, 6) is -1.09. The molecule has 160 valence electrons. The Morgan fingerprint density at radius 1 is 0.839 bits per heavy atom. The first-order valence-electron chi connectivity index (χ1n) is 8.56. The summed E-state index contributed by atoms with van der Waals surface area (Å²) in [4.78, 5) is 15.4. The molecule has 0 aliphatic heterocycles. The third-order valence-corrected chi connectivity index (χ3v) is 6.47. The van der Waals surface area contributed by atoms with Crippen LogP contribution in [0, 0.1) is 0 Å². The van der Waals surface area contributed by atoms with E-state index in [2.05, 4.69) is 5.10 Å². The van der Waals surface area contributed by atoms with Gasteiger partial charge in [0.2, 0.25) is 0 Å². The molecule has 3 heterocycles. The summed E-state index contributed by atoms with van der Waals surface area (Å²) in [6.07, 6.45) is -8.84. The van der Waals surface area contributed by atoms with Crippen LogP contribution in [0.5, 0.6) is 0 Å². The maximum atomic E-state index is 13.1. The van der Waals surface area contributed by atoms with Crippen LogP contribution in [0.2, 0.25) is 0 Å². The van der Waals surface area contributed by atoms with Crippen molar-refractivity contribution < 1.29 is 31.1 Å². The highest BCUT2D eigenvalue weighted by Gasteiger charge is 2.37. The van der Waals surface area contributed by atoms with Gasteiger partial charge in [0.25, 0.3) is 5.91 Å². The van der Waals surface area contributed by atoms with E-state index in [0.717, 1.165) is 14.4 Å². The molecule has 0 spiro atoms. The summed E-state index contributed by atoms with van der Waals surface area (Å²) >= 11 is 2.84. The highest BCUT2D eigenvalue weighted by Crippen LogP contribution is 2.38. The fourth-order valence-electron chi connectivity index (χ4n) is 2.88. The summed E-state index contributed by atoms with van der Waals surface area (Å²) in [7, 11) is 0. The number of carbonyl (C=O) groups excluding carboxylic acids is 1. The number of aromatic nitrogens is 2. The molecule has 0 amide bonds. The first kappa shape index (κ1) is 21.3. The number of hydrogen-bond donors (Lipinski definition) is 0. The normalized spacial score (nSPS) is 12.3. The smallest absolute Gasteiger partial charge is 0.267 e. The molecule has 4 rings (SSSR count). The Morgan fingerprint density at radius 2 is 1.48 bits per heavy atom. The number of nitrogens with zero attached hydrogens (tertiary/aromatic N) is 2. The number of rotatable bonds is 3. The Balaban J connectivity index is 1.76. The predicted molar refractivity (Wildman–Crippen MR) is 105 cm³/mol. The van der Waals surface area contributed by atoms with E-state index < -0.39 is 35.0 Å². The predicted octanol–water partition coefficient (Wildman–Crippen LogP) is 7.07. The highest BCUT2D eigenvalue weighted by atomic mass is 32.1. The maximum Gasteiger partial charge on any atom is 0.416 e. The van der Waals surface area contributed by atoms with Crippen LogP contribution in [-0.2, 0) is 12.4 Å². The molecule has 1 aromatic carbocycles. The van der Waals surface area contributed by atoms with Gasteiger partial charge in [-0.25, -0.2) is 0 Å². The van der Waals surface area contributed by atoms with Crippen molar-refractivity contribution in [2.24, 2.45) is 0 Å². The Hall–Kier alpha value is -2.92. The number of carbonyl (C=O) groups is 1. The average molecular weight is 472 g/mol. The molecule has 0 aliphatic carbocycles. The minimum atomic E-state index is -5.05. The van der Waals surface area contributed by atoms with Gasteiger partial charge in [-0.15, -0.1) is 22.7 Å². The van der Waals surface area contributed by atoms with Gasteiger partial charge >= 0.3 is 12.4 Å². The summed E-state index contributed by atoms with van der Waals surface area (Å²) in [6.45, 7) is 0. The molecule has 11 heteroatoms. The number of benzene rings is 1. The standard InChI is InChI=1S/C20H10F6N2OS2/c21-19(22,23)12-8-11(9-13(10-12)20(24,25)26)18(29)28-14(5-6-27-28)15-3-4-17(31-15)16-2-1-7-30-16/h1-10H. The second kappa shape index (κ2) is 7.65. The molecule has 4 aromatic rings. The Kier molecular flexibility index (Phi) is 5.26. The lowest BCUT2D eigenvalue weighted by Crippen LogP contribution is -2.18. The molecule has 3 nitrogen and oxygen atoms in total. The van der Waals surface area contributed by atoms with Crippen molar-refractivity contribution in [1.82, 2.24) is 9.78 Å². The van der Waals surface area contributed by atoms with E-state index in [-0.39, 0.29) is 11.8 Å². The molecule has 0 atom stereocenters. The van der Waals surface area contributed by atoms with Crippen molar-refractivity contribution in [3.8, 4) is 20.3 Å². The lowest BCUT2D eigenvalue weighted by molar-refractivity contribution is -0.143. The molecule has 0 bridgehead atoms. The van der Waals surface area contributed by atoms with Crippen LogP contribution in [0.25, 0.3) is 20.3 Å². The Morgan fingerprint density at radius 3 is 2.06 bits per heavy atom. The molecule has 31 heavy (non-hydrogen) atoms. The van der Waals surface area contributed by atoms with Crippen LogP contribution >= 0.6 is 22.7 Å². The van der Waals surface area contributed by atoms with Crippen molar-refractivity contribution in [2.45, 2.75) is 12.4 Å². The number of halogens is 6. The lowest BCUT2D eigenvalue weighted by Gasteiger charge is -2.14. The summed E-state index contributed by atoms with van der Waals surface area (Å²) in [5, 5.41) is 5.74. The first-order valence-corrected chi connectivity index (χ1v) is 10.3. The molecule has 0 fully saturated rings. The van der Waals surface area contributed by atoms with Crippen molar-refractivity contribution in [1.29, 1.82) is 0 Å². The van der Waals surface area contributed by atoms with Crippen LogP contribution in [0.4, 0.5) is 26.3 Å². The third-order valence-electron chi connectivity index (χ3n) is 4.29. The summed E-state index contributed by atoms with van der Waals surface area (Å²) < 4.78 is 79.6. The van der Waals surface area contributed by atoms with E-state index >= 15 is 0 Å². The van der Waals surface area contributed by atoms with Gasteiger partial charge in [-0.05, 0) is 47.8 Å². The zero-order valence-electron chi connectivity index (χ0n) is 15.2. The summed E-state index contributed by atoms with van der Waals surface area (Å²) in [5.41, 5.74) is -3.61. The van der Waals surface area contributed by atoms with Gasteiger partial charge < -0.3 is 0 Å². The molecular formula is C20H10F6N2OS2. The topological polar surface area (TPSA) is 34.9 Å². The van der Waals surface area contributed by atoms with Gasteiger partial charge in [0.05, 0.1) is 27.9 Å². The zero-order valence-corrected chi connectivity index (χ0v) is 16.8. The fourth-order valence-corrected chi connectivity index (χ4v) is 4.73. The van der Waals surface area contributed by atoms with Crippen LogP contribution in [0.1, 0.15) is 21.5 Å². The second-order valence-corrected chi connectivity index (χ2v) is 8.40. The van der Waals surface area contributed by atoms with E-state index in [1.807, 2.05) is 23.6 Å². The molecule has 0 aliphatic rings. The van der Waals surface area contributed by atoms with Crippen LogP contribution in [0.15, 0.2) is 60.1 Å². The molecular weight excluding hydrogens is 462 g/mol. The number of thiophene rings is 2. The van der Waals surface area contributed by atoms with E-state index in [1.165, 1.54) is 34.9 Å². The second-order valence-electron chi connectivity index (χ2n) is 6.37. The van der Waals surface area contributed by atoms with Gasteiger partial charge in [-0.2, -0.15) is 36.1 Å². The SMILES string of the molecule is O=C(c1cc(C(F)(F)F)cc(C(F)(F)F)c1)n1nccc1-c1ccc(-c2cccs2)s1. The van der Waals surface area contributed by atoms with Crippen molar-refractivity contribution >= 4 is 28.6 Å². The van der Waals surface area contributed by atoms with Gasteiger partial charge in [0.1, 0.15) is 0 Å². The van der Waals surface area contributed by atoms with Crippen LogP contribution in [0.3, 0.4) is 0 Å². The third kappa shape index (κ3) is 4.28. The zero-order chi connectivity index (χ0) is 22.4. The van der Waals surface area contributed by atoms with Crippen molar-refractivity contribution in [2.75, 3.05) is 0 Å². The fraction of sp³-hybridized carbons (Fsp3) is 0.100. The first-order chi connectivity index (χ1) is 14.5. The van der Waals surface area contributed by atoms with E-state index in [9.17, 15) is 31.1 Å². The molecule has 0 N–H and O–H groups in total. The molecule has 0 radical (unpaired) electrons. The van der Waals surface area contributed by atoms with Gasteiger partial charge in [-0.1, -0.05) is 6.07 Å². The average Bonchev–Trinajstić information content (AvgIpc) is 3.46. The Labute approximate surface area is 179 Å². The van der Waals surface area contributed by atoms with Gasteiger partial charge in [-0.3, -0.25) is 4.79 Å². The van der Waals surface area contributed by atoms with Crippen molar-refractivity contribution in [3.05, 3.63) is 76.8 Å². The quantitative estimate of drug-likeness (QED) is 0.299. The van der Waals surface area contributed by atoms with Gasteiger partial charge in [0, 0.05) is 15.3 Å². The van der Waals surface area contributed by atoms with E-state index in [1.54, 1.807) is 6.07 Å².